The van der Waals surface area contributed by atoms with Crippen LogP contribution in [0.3, 0.4) is 0 Å². The van der Waals surface area contributed by atoms with Crippen LogP contribution >= 0.6 is 11.3 Å². The van der Waals surface area contributed by atoms with E-state index < -0.39 is 12.6 Å². The predicted octanol–water partition coefficient (Wildman–Crippen LogP) is 4.22. The third kappa shape index (κ3) is 3.30. The van der Waals surface area contributed by atoms with Gasteiger partial charge >= 0.3 is 6.18 Å². The van der Waals surface area contributed by atoms with Gasteiger partial charge in [0.25, 0.3) is 0 Å². The molecule has 0 radical (unpaired) electrons. The van der Waals surface area contributed by atoms with Crippen LogP contribution in [-0.2, 0) is 6.42 Å². The average Bonchev–Trinajstić information content (AvgIpc) is 2.64. The lowest BCUT2D eigenvalue weighted by Crippen LogP contribution is -2.10. The topological polar surface area (TPSA) is 12.9 Å². The Balaban J connectivity index is 2.21. The molecule has 17 heavy (non-hydrogen) atoms. The molecule has 1 aromatic carbocycles. The molecule has 2 aromatic rings. The zero-order chi connectivity index (χ0) is 12.5. The van der Waals surface area contributed by atoms with Crippen LogP contribution in [0.15, 0.2) is 30.5 Å². The third-order valence-corrected chi connectivity index (χ3v) is 3.27. The highest BCUT2D eigenvalue weighted by atomic mass is 32.1. The maximum atomic E-state index is 12.2. The molecule has 90 valence electrons. The van der Waals surface area contributed by atoms with Crippen LogP contribution in [-0.4, -0.2) is 11.2 Å². The number of rotatable bonds is 2. The van der Waals surface area contributed by atoms with Crippen LogP contribution < -0.4 is 0 Å². The van der Waals surface area contributed by atoms with Gasteiger partial charge in [-0.15, -0.1) is 11.3 Å². The first-order chi connectivity index (χ1) is 7.94. The second kappa shape index (κ2) is 4.49. The third-order valence-electron chi connectivity index (χ3n) is 2.23. The normalized spacial score (nSPS) is 11.8. The Labute approximate surface area is 101 Å². The van der Waals surface area contributed by atoms with Crippen molar-refractivity contribution >= 4 is 11.3 Å². The molecule has 0 amide bonds. The van der Waals surface area contributed by atoms with E-state index in [9.17, 15) is 13.2 Å². The van der Waals surface area contributed by atoms with E-state index >= 15 is 0 Å². The van der Waals surface area contributed by atoms with Gasteiger partial charge < -0.3 is 0 Å². The average molecular weight is 257 g/mol. The molecule has 1 aromatic heterocycles. The molecule has 1 nitrogen and oxygen atoms in total. The largest absolute Gasteiger partial charge is 0.393 e. The summed E-state index contributed by atoms with van der Waals surface area (Å²) in [4.78, 5) is 4.26. The second-order valence-electron chi connectivity index (χ2n) is 3.79. The summed E-state index contributed by atoms with van der Waals surface area (Å²) < 4.78 is 36.6. The van der Waals surface area contributed by atoms with E-state index in [1.54, 1.807) is 0 Å². The first-order valence-corrected chi connectivity index (χ1v) is 5.84. The number of alkyl halides is 3. The van der Waals surface area contributed by atoms with E-state index in [1.807, 2.05) is 31.2 Å². The van der Waals surface area contributed by atoms with Crippen molar-refractivity contribution in [2.75, 3.05) is 0 Å². The number of hydrogen-bond acceptors (Lipinski definition) is 2. The molecule has 0 spiro atoms. The van der Waals surface area contributed by atoms with Crippen molar-refractivity contribution < 1.29 is 13.2 Å². The lowest BCUT2D eigenvalue weighted by molar-refractivity contribution is -0.126. The minimum atomic E-state index is -4.17. The van der Waals surface area contributed by atoms with Crippen LogP contribution in [0.5, 0.6) is 0 Å². The molecule has 0 aliphatic carbocycles. The van der Waals surface area contributed by atoms with Crippen molar-refractivity contribution in [3.63, 3.8) is 0 Å². The number of aromatic nitrogens is 1. The highest BCUT2D eigenvalue weighted by Gasteiger charge is 2.28. The Hall–Kier alpha value is -1.36. The summed E-state index contributed by atoms with van der Waals surface area (Å²) in [5.41, 5.74) is 1.97. The van der Waals surface area contributed by atoms with Gasteiger partial charge in [-0.25, -0.2) is 4.98 Å². The van der Waals surface area contributed by atoms with Crippen molar-refractivity contribution in [2.45, 2.75) is 19.5 Å². The molecule has 0 saturated heterocycles. The van der Waals surface area contributed by atoms with Crippen molar-refractivity contribution in [3.8, 4) is 10.6 Å². The van der Waals surface area contributed by atoms with Gasteiger partial charge in [0.2, 0.25) is 0 Å². The summed E-state index contributed by atoms with van der Waals surface area (Å²) in [6.07, 6.45) is -3.78. The molecule has 1 heterocycles. The molecule has 5 heteroatoms. The Morgan fingerprint density at radius 1 is 1.18 bits per heavy atom. The quantitative estimate of drug-likeness (QED) is 0.784. The zero-order valence-corrected chi connectivity index (χ0v) is 9.90. The Morgan fingerprint density at radius 2 is 1.82 bits per heavy atom. The molecule has 0 unspecified atom stereocenters. The standard InChI is InChI=1S/C12H10F3NS/c1-8-2-4-9(5-3-8)11-16-7-10(17-11)6-12(13,14)15/h2-5,7H,6H2,1H3. The minimum Gasteiger partial charge on any atom is -0.244 e. The van der Waals surface area contributed by atoms with Gasteiger partial charge in [0, 0.05) is 16.6 Å². The van der Waals surface area contributed by atoms with Gasteiger partial charge in [-0.05, 0) is 6.92 Å². The van der Waals surface area contributed by atoms with Crippen molar-refractivity contribution in [2.24, 2.45) is 0 Å². The summed E-state index contributed by atoms with van der Waals surface area (Å²) >= 11 is 1.09. The Bertz CT molecular complexity index is 499. The molecule has 0 atom stereocenters. The van der Waals surface area contributed by atoms with Crippen molar-refractivity contribution in [1.82, 2.24) is 4.98 Å². The van der Waals surface area contributed by atoms with E-state index in [1.165, 1.54) is 6.20 Å². The number of benzene rings is 1. The molecule has 2 rings (SSSR count). The summed E-state index contributed by atoms with van der Waals surface area (Å²) in [6.45, 7) is 1.96. The van der Waals surface area contributed by atoms with Gasteiger partial charge in [0.1, 0.15) is 5.01 Å². The van der Waals surface area contributed by atoms with Gasteiger partial charge in [-0.1, -0.05) is 29.8 Å². The van der Waals surface area contributed by atoms with E-state index in [2.05, 4.69) is 4.98 Å². The lowest BCUT2D eigenvalue weighted by Gasteiger charge is -2.01. The highest BCUT2D eigenvalue weighted by Crippen LogP contribution is 2.29. The Morgan fingerprint density at radius 3 is 2.41 bits per heavy atom. The number of aryl methyl sites for hydroxylation is 1. The molecule has 0 fully saturated rings. The van der Waals surface area contributed by atoms with Crippen LogP contribution in [0.2, 0.25) is 0 Å². The summed E-state index contributed by atoms with van der Waals surface area (Å²) in [6, 6.07) is 7.57. The maximum absolute atomic E-state index is 12.2. The highest BCUT2D eigenvalue weighted by molar-refractivity contribution is 7.15. The Kier molecular flexibility index (Phi) is 3.19. The number of thiazole rings is 1. The molecule has 0 aliphatic heterocycles. The molecule has 0 saturated carbocycles. The van der Waals surface area contributed by atoms with Gasteiger partial charge in [-0.2, -0.15) is 13.2 Å². The second-order valence-corrected chi connectivity index (χ2v) is 4.90. The van der Waals surface area contributed by atoms with Gasteiger partial charge in [0.05, 0.1) is 6.42 Å². The van der Waals surface area contributed by atoms with E-state index in [0.717, 1.165) is 22.5 Å². The monoisotopic (exact) mass is 257 g/mol. The van der Waals surface area contributed by atoms with Crippen LogP contribution in [0.4, 0.5) is 13.2 Å². The van der Waals surface area contributed by atoms with Crippen molar-refractivity contribution in [3.05, 3.63) is 40.9 Å². The first kappa shape index (κ1) is 12.1. The van der Waals surface area contributed by atoms with Crippen LogP contribution in [0, 0.1) is 6.92 Å². The minimum absolute atomic E-state index is 0.244. The summed E-state index contributed by atoms with van der Waals surface area (Å²) in [7, 11) is 0. The molecule has 0 aliphatic rings. The summed E-state index contributed by atoms with van der Waals surface area (Å²) in [5.74, 6) is 0. The fourth-order valence-corrected chi connectivity index (χ4v) is 2.37. The van der Waals surface area contributed by atoms with E-state index in [0.29, 0.717) is 5.01 Å². The molecule has 0 N–H and O–H groups in total. The molecular formula is C12H10F3NS. The summed E-state index contributed by atoms with van der Waals surface area (Å²) in [5, 5.41) is 0.629. The van der Waals surface area contributed by atoms with Crippen LogP contribution in [0.25, 0.3) is 10.6 Å². The zero-order valence-electron chi connectivity index (χ0n) is 9.08. The smallest absolute Gasteiger partial charge is 0.244 e. The molecular weight excluding hydrogens is 247 g/mol. The fraction of sp³-hybridized carbons (Fsp3) is 0.250. The molecule has 0 bridgehead atoms. The number of nitrogens with zero attached hydrogens (tertiary/aromatic N) is 1. The first-order valence-electron chi connectivity index (χ1n) is 5.02. The van der Waals surface area contributed by atoms with Crippen molar-refractivity contribution in [1.29, 1.82) is 0 Å². The van der Waals surface area contributed by atoms with Gasteiger partial charge in [-0.3, -0.25) is 0 Å². The number of hydrogen-bond donors (Lipinski definition) is 0. The van der Waals surface area contributed by atoms with Gasteiger partial charge in [0.15, 0.2) is 0 Å². The number of halogens is 3. The van der Waals surface area contributed by atoms with E-state index in [4.69, 9.17) is 0 Å². The predicted molar refractivity (Wildman–Crippen MR) is 62.0 cm³/mol. The lowest BCUT2D eigenvalue weighted by atomic mass is 10.2. The SMILES string of the molecule is Cc1ccc(-c2ncc(CC(F)(F)F)s2)cc1. The maximum Gasteiger partial charge on any atom is 0.393 e. The van der Waals surface area contributed by atoms with E-state index in [-0.39, 0.29) is 4.88 Å². The fourth-order valence-electron chi connectivity index (χ4n) is 1.42. The van der Waals surface area contributed by atoms with Crippen LogP contribution in [0.1, 0.15) is 10.4 Å².